The Kier molecular flexibility index (Phi) is 28.0. The number of hydrogen-bond donors (Lipinski definition) is 5. The van der Waals surface area contributed by atoms with Crippen molar-refractivity contribution in [3.63, 3.8) is 0 Å². The number of primary amides is 1. The molecule has 0 heterocycles. The second-order valence-corrected chi connectivity index (χ2v) is 5.66. The Bertz CT molecular complexity index is 625. The highest BCUT2D eigenvalue weighted by atomic mass is 16.3. The van der Waals surface area contributed by atoms with E-state index in [4.69, 9.17) is 25.5 Å². The third-order valence-corrected chi connectivity index (χ3v) is 3.56. The van der Waals surface area contributed by atoms with E-state index in [0.29, 0.717) is 13.0 Å². The fourth-order valence-corrected chi connectivity index (χ4v) is 2.19. The van der Waals surface area contributed by atoms with Crippen molar-refractivity contribution in [2.45, 2.75) is 45.2 Å². The Labute approximate surface area is 185 Å². The number of nitrogens with one attached hydrogen (secondary N) is 1. The van der Waals surface area contributed by atoms with Crippen molar-refractivity contribution in [1.82, 2.24) is 5.32 Å². The zero-order chi connectivity index (χ0) is 24.3. The van der Waals surface area contributed by atoms with Gasteiger partial charge in [0, 0.05) is 20.1 Å². The highest BCUT2D eigenvalue weighted by molar-refractivity contribution is 5.76. The Balaban J connectivity index is -0.000000410. The standard InChI is InChI=1S/C13H19NO.C7H9N.CH3NO.CH2O2.CH4O/c1-3-12(14-13(15)4-2)10-11-8-6-5-7-9-11;8-6-7-4-2-1-3-5-7;2*2-1-3;1-2/h3,6,8-9,12H,1,4-5,7,10H2,2H3,(H,14,15);1-5H,6,8H2;1H,(H2,2,3);1H,(H,2,3);2H,1H3. The molecule has 0 bridgehead atoms. The maximum Gasteiger partial charge on any atom is 0.290 e. The highest BCUT2D eigenvalue weighted by Gasteiger charge is 2.09. The summed E-state index contributed by atoms with van der Waals surface area (Å²) in [5, 5.41) is 16.8. The molecule has 0 spiro atoms. The second-order valence-electron chi connectivity index (χ2n) is 5.66. The molecule has 1 aliphatic carbocycles. The monoisotopic (exact) mass is 435 g/mol. The molecule has 0 fully saturated rings. The van der Waals surface area contributed by atoms with E-state index in [2.05, 4.69) is 35.9 Å². The van der Waals surface area contributed by atoms with Crippen LogP contribution in [0.3, 0.4) is 0 Å². The number of hydrogen-bond acceptors (Lipinski definition) is 5. The second kappa shape index (κ2) is 26.8. The van der Waals surface area contributed by atoms with Gasteiger partial charge in [-0.15, -0.1) is 6.58 Å². The fourth-order valence-electron chi connectivity index (χ4n) is 2.19. The predicted octanol–water partition coefficient (Wildman–Crippen LogP) is 2.29. The van der Waals surface area contributed by atoms with Crippen LogP contribution in [0.5, 0.6) is 0 Å². The molecule has 0 aromatic heterocycles. The zero-order valence-electron chi connectivity index (χ0n) is 18.4. The van der Waals surface area contributed by atoms with Crippen LogP contribution in [0.25, 0.3) is 0 Å². The number of carboxylic acid groups (broad SMARTS) is 1. The van der Waals surface area contributed by atoms with E-state index in [1.165, 1.54) is 11.1 Å². The SMILES string of the molecule is C=CC(CC1=CCCC=C1)NC(=O)CC.CO.NC=O.NCc1ccccc1.O=CO. The Morgan fingerprint density at radius 2 is 1.77 bits per heavy atom. The van der Waals surface area contributed by atoms with Crippen molar-refractivity contribution in [2.75, 3.05) is 7.11 Å². The largest absolute Gasteiger partial charge is 0.483 e. The minimum atomic E-state index is -0.250. The number of carbonyl (C=O) groups excluding carboxylic acids is 2. The van der Waals surface area contributed by atoms with Crippen LogP contribution in [0.4, 0.5) is 0 Å². The topological polar surface area (TPSA) is 156 Å². The molecule has 1 atom stereocenters. The number of rotatable bonds is 6. The van der Waals surface area contributed by atoms with Gasteiger partial charge in [0.25, 0.3) is 6.47 Å². The first-order valence-electron chi connectivity index (χ1n) is 9.72. The van der Waals surface area contributed by atoms with Crippen molar-refractivity contribution in [3.05, 3.63) is 72.4 Å². The van der Waals surface area contributed by atoms with Crippen molar-refractivity contribution < 1.29 is 24.6 Å². The molecule has 7 N–H and O–H groups in total. The van der Waals surface area contributed by atoms with Gasteiger partial charge in [-0.1, -0.05) is 61.6 Å². The lowest BCUT2D eigenvalue weighted by molar-refractivity contribution is -0.123. The molecule has 2 amide bonds. The average molecular weight is 436 g/mol. The van der Waals surface area contributed by atoms with Crippen molar-refractivity contribution in [1.29, 1.82) is 0 Å². The molecule has 0 radical (unpaired) electrons. The summed E-state index contributed by atoms with van der Waals surface area (Å²) in [5.74, 6) is 0.0836. The number of aliphatic hydroxyl groups is 1. The van der Waals surface area contributed by atoms with Crippen LogP contribution in [0.1, 0.15) is 38.2 Å². The first-order valence-corrected chi connectivity index (χ1v) is 9.72. The summed E-state index contributed by atoms with van der Waals surface area (Å²) in [6, 6.07) is 10.1. The number of amides is 2. The van der Waals surface area contributed by atoms with Crippen LogP contribution in [0.2, 0.25) is 0 Å². The molecule has 1 unspecified atom stereocenters. The van der Waals surface area contributed by atoms with E-state index < -0.39 is 0 Å². The normalized spacial score (nSPS) is 11.4. The number of allylic oxidation sites excluding steroid dienone is 3. The van der Waals surface area contributed by atoms with E-state index in [1.807, 2.05) is 37.3 Å². The molecule has 0 aliphatic heterocycles. The van der Waals surface area contributed by atoms with Gasteiger partial charge in [0.05, 0.1) is 6.04 Å². The molecule has 8 nitrogen and oxygen atoms in total. The van der Waals surface area contributed by atoms with E-state index in [-0.39, 0.29) is 24.8 Å². The molecule has 1 aromatic rings. The number of nitrogens with two attached hydrogens (primary N) is 2. The predicted molar refractivity (Wildman–Crippen MR) is 125 cm³/mol. The Morgan fingerprint density at radius 3 is 2.13 bits per heavy atom. The molecule has 1 aliphatic rings. The minimum Gasteiger partial charge on any atom is -0.483 e. The van der Waals surface area contributed by atoms with Gasteiger partial charge in [0.1, 0.15) is 0 Å². The molecule has 174 valence electrons. The molecule has 2 rings (SSSR count). The third-order valence-electron chi connectivity index (χ3n) is 3.56. The summed E-state index contributed by atoms with van der Waals surface area (Å²) in [5.41, 5.74) is 12.0. The fraction of sp³-hybridized carbons (Fsp3) is 0.348. The van der Waals surface area contributed by atoms with Gasteiger partial charge in [-0.3, -0.25) is 14.4 Å². The van der Waals surface area contributed by atoms with Crippen LogP contribution in [-0.4, -0.2) is 42.2 Å². The summed E-state index contributed by atoms with van der Waals surface area (Å²) in [6.45, 7) is 5.99. The zero-order valence-corrected chi connectivity index (χ0v) is 18.4. The molecule has 31 heavy (non-hydrogen) atoms. The van der Waals surface area contributed by atoms with E-state index in [1.54, 1.807) is 6.08 Å². The minimum absolute atomic E-state index is 0.0615. The first kappa shape index (κ1) is 32.4. The van der Waals surface area contributed by atoms with Crippen LogP contribution in [0, 0.1) is 0 Å². The van der Waals surface area contributed by atoms with Gasteiger partial charge >= 0.3 is 0 Å². The summed E-state index contributed by atoms with van der Waals surface area (Å²) >= 11 is 0. The van der Waals surface area contributed by atoms with Gasteiger partial charge in [-0.2, -0.15) is 0 Å². The van der Waals surface area contributed by atoms with Gasteiger partial charge in [-0.25, -0.2) is 0 Å². The number of carbonyl (C=O) groups is 3. The van der Waals surface area contributed by atoms with Crippen molar-refractivity contribution in [3.8, 4) is 0 Å². The molecule has 8 heteroatoms. The number of aliphatic hydroxyl groups excluding tert-OH is 1. The summed E-state index contributed by atoms with van der Waals surface area (Å²) < 4.78 is 0. The molecule has 0 saturated carbocycles. The van der Waals surface area contributed by atoms with Crippen molar-refractivity contribution >= 4 is 18.8 Å². The molecule has 0 saturated heterocycles. The van der Waals surface area contributed by atoms with Crippen LogP contribution in [-0.2, 0) is 20.9 Å². The van der Waals surface area contributed by atoms with Crippen LogP contribution in [0.15, 0.2) is 66.8 Å². The summed E-state index contributed by atoms with van der Waals surface area (Å²) in [7, 11) is 1.00. The first-order chi connectivity index (χ1) is 15.0. The lowest BCUT2D eigenvalue weighted by Crippen LogP contribution is -2.32. The van der Waals surface area contributed by atoms with Gasteiger partial charge in [0.15, 0.2) is 0 Å². The quantitative estimate of drug-likeness (QED) is 0.341. The van der Waals surface area contributed by atoms with Gasteiger partial charge in [-0.05, 0) is 30.4 Å². The maximum absolute atomic E-state index is 11.2. The van der Waals surface area contributed by atoms with Crippen LogP contribution < -0.4 is 16.8 Å². The Morgan fingerprint density at radius 1 is 1.23 bits per heavy atom. The maximum atomic E-state index is 11.2. The van der Waals surface area contributed by atoms with E-state index in [9.17, 15) is 4.79 Å². The lowest BCUT2D eigenvalue weighted by Gasteiger charge is -2.16. The molecular weight excluding hydrogens is 398 g/mol. The Hall–Kier alpha value is -3.23. The third kappa shape index (κ3) is 22.9. The summed E-state index contributed by atoms with van der Waals surface area (Å²) in [6.07, 6.45) is 12.2. The molecule has 1 aromatic carbocycles. The number of benzene rings is 1. The lowest BCUT2D eigenvalue weighted by atomic mass is 10.00. The van der Waals surface area contributed by atoms with Crippen molar-refractivity contribution in [2.24, 2.45) is 11.5 Å². The van der Waals surface area contributed by atoms with E-state index >= 15 is 0 Å². The molecular formula is C23H37N3O5. The summed E-state index contributed by atoms with van der Waals surface area (Å²) in [4.78, 5) is 28.2. The smallest absolute Gasteiger partial charge is 0.290 e. The van der Waals surface area contributed by atoms with E-state index in [0.717, 1.165) is 26.4 Å². The average Bonchev–Trinajstić information content (AvgIpc) is 2.82. The van der Waals surface area contributed by atoms with Gasteiger partial charge < -0.3 is 27.0 Å². The highest BCUT2D eigenvalue weighted by Crippen LogP contribution is 2.15. The van der Waals surface area contributed by atoms with Crippen LogP contribution >= 0.6 is 0 Å². The van der Waals surface area contributed by atoms with Gasteiger partial charge in [0.2, 0.25) is 12.3 Å².